The molecule has 1 aliphatic heterocycles. The van der Waals surface area contributed by atoms with Gasteiger partial charge in [0.15, 0.2) is 0 Å². The zero-order valence-corrected chi connectivity index (χ0v) is 13.7. The van der Waals surface area contributed by atoms with Gasteiger partial charge in [-0.05, 0) is 18.2 Å². The number of nitrogens with zero attached hydrogens (tertiary/aromatic N) is 1. The normalized spacial score (nSPS) is 19.0. The van der Waals surface area contributed by atoms with Crippen LogP contribution >= 0.6 is 15.9 Å². The Morgan fingerprint density at radius 1 is 1.35 bits per heavy atom. The van der Waals surface area contributed by atoms with E-state index < -0.39 is 0 Å². The van der Waals surface area contributed by atoms with Gasteiger partial charge in [0.05, 0.1) is 0 Å². The second kappa shape index (κ2) is 6.43. The molecule has 0 saturated carbocycles. The van der Waals surface area contributed by atoms with Gasteiger partial charge < -0.3 is 15.5 Å². The molecule has 0 amide bonds. The van der Waals surface area contributed by atoms with Crippen molar-refractivity contribution in [3.05, 3.63) is 28.2 Å². The molecule has 1 fully saturated rings. The molecule has 2 rings (SSSR count). The van der Waals surface area contributed by atoms with Crippen LogP contribution in [0.4, 0.5) is 0 Å². The standard InChI is InChI=1S/C15H23BrN2O2/c1-15(2,10-19)14(18-7-5-17-6-8-18)12-9-11(16)3-4-13(12)20/h3-4,9,14,17,19-20H,5-8,10H2,1-2H3/t14-/m0/s1. The number of hydrogen-bond acceptors (Lipinski definition) is 4. The van der Waals surface area contributed by atoms with Crippen LogP contribution in [0, 0.1) is 5.41 Å². The Morgan fingerprint density at radius 2 is 2.00 bits per heavy atom. The summed E-state index contributed by atoms with van der Waals surface area (Å²) in [6.07, 6.45) is 0. The molecule has 0 radical (unpaired) electrons. The Hall–Kier alpha value is -0.620. The highest BCUT2D eigenvalue weighted by Gasteiger charge is 2.37. The lowest BCUT2D eigenvalue weighted by molar-refractivity contribution is 0.0293. The van der Waals surface area contributed by atoms with Gasteiger partial charge in [-0.3, -0.25) is 4.90 Å². The first kappa shape index (κ1) is 15.8. The van der Waals surface area contributed by atoms with Crippen LogP contribution in [0.5, 0.6) is 5.75 Å². The molecular formula is C15H23BrN2O2. The summed E-state index contributed by atoms with van der Waals surface area (Å²) in [6, 6.07) is 5.49. The van der Waals surface area contributed by atoms with Crippen LogP contribution in [-0.4, -0.2) is 47.9 Å². The van der Waals surface area contributed by atoms with Crippen molar-refractivity contribution >= 4 is 15.9 Å². The summed E-state index contributed by atoms with van der Waals surface area (Å²) in [5.41, 5.74) is 0.552. The molecule has 1 saturated heterocycles. The van der Waals surface area contributed by atoms with Crippen LogP contribution in [0.2, 0.25) is 0 Å². The molecule has 112 valence electrons. The molecule has 4 nitrogen and oxygen atoms in total. The summed E-state index contributed by atoms with van der Waals surface area (Å²) in [6.45, 7) is 7.87. The lowest BCUT2D eigenvalue weighted by Crippen LogP contribution is -2.49. The van der Waals surface area contributed by atoms with Crippen molar-refractivity contribution < 1.29 is 10.2 Å². The molecule has 0 aliphatic carbocycles. The van der Waals surface area contributed by atoms with Gasteiger partial charge >= 0.3 is 0 Å². The topological polar surface area (TPSA) is 55.7 Å². The van der Waals surface area contributed by atoms with Gasteiger partial charge in [-0.25, -0.2) is 0 Å². The van der Waals surface area contributed by atoms with E-state index in [0.29, 0.717) is 5.75 Å². The van der Waals surface area contributed by atoms with Gasteiger partial charge in [-0.15, -0.1) is 0 Å². The minimum atomic E-state index is -0.324. The Balaban J connectivity index is 2.42. The Kier molecular flexibility index (Phi) is 5.07. The summed E-state index contributed by atoms with van der Waals surface area (Å²) in [5.74, 6) is 0.290. The van der Waals surface area contributed by atoms with Gasteiger partial charge in [0.1, 0.15) is 5.75 Å². The summed E-state index contributed by atoms with van der Waals surface area (Å²) in [5, 5.41) is 23.4. The first-order valence-electron chi connectivity index (χ1n) is 7.00. The third-order valence-electron chi connectivity index (χ3n) is 3.95. The highest BCUT2D eigenvalue weighted by molar-refractivity contribution is 9.10. The van der Waals surface area contributed by atoms with E-state index in [9.17, 15) is 10.2 Å². The Labute approximate surface area is 128 Å². The maximum Gasteiger partial charge on any atom is 0.120 e. The van der Waals surface area contributed by atoms with E-state index in [2.05, 4.69) is 26.1 Å². The summed E-state index contributed by atoms with van der Waals surface area (Å²) in [4.78, 5) is 2.34. The molecule has 5 heteroatoms. The second-order valence-corrected chi connectivity index (χ2v) is 6.95. The number of benzene rings is 1. The molecule has 1 atom stereocenters. The van der Waals surface area contributed by atoms with Crippen molar-refractivity contribution in [1.82, 2.24) is 10.2 Å². The highest BCUT2D eigenvalue weighted by atomic mass is 79.9. The maximum absolute atomic E-state index is 10.3. The maximum atomic E-state index is 10.3. The van der Waals surface area contributed by atoms with Crippen LogP contribution in [0.1, 0.15) is 25.5 Å². The van der Waals surface area contributed by atoms with Crippen molar-refractivity contribution in [2.45, 2.75) is 19.9 Å². The van der Waals surface area contributed by atoms with Crippen molar-refractivity contribution in [2.75, 3.05) is 32.8 Å². The highest BCUT2D eigenvalue weighted by Crippen LogP contribution is 2.42. The number of piperazine rings is 1. The fraction of sp³-hybridized carbons (Fsp3) is 0.600. The van der Waals surface area contributed by atoms with Crippen LogP contribution in [0.3, 0.4) is 0 Å². The molecule has 3 N–H and O–H groups in total. The van der Waals surface area contributed by atoms with Crippen LogP contribution in [0.25, 0.3) is 0 Å². The average Bonchev–Trinajstić information content (AvgIpc) is 2.44. The molecule has 20 heavy (non-hydrogen) atoms. The van der Waals surface area contributed by atoms with Crippen LogP contribution < -0.4 is 5.32 Å². The number of aromatic hydroxyl groups is 1. The SMILES string of the molecule is CC(C)(CO)[C@H](c1cc(Br)ccc1O)N1CCNCC1. The molecular weight excluding hydrogens is 320 g/mol. The smallest absolute Gasteiger partial charge is 0.120 e. The van der Waals surface area contributed by atoms with E-state index >= 15 is 0 Å². The molecule has 0 bridgehead atoms. The Morgan fingerprint density at radius 3 is 2.60 bits per heavy atom. The molecule has 0 aromatic heterocycles. The number of aliphatic hydroxyl groups excluding tert-OH is 1. The molecule has 1 aromatic rings. The zero-order valence-electron chi connectivity index (χ0n) is 12.1. The lowest BCUT2D eigenvalue weighted by Gasteiger charge is -2.43. The monoisotopic (exact) mass is 342 g/mol. The summed E-state index contributed by atoms with van der Waals surface area (Å²) >= 11 is 3.47. The van der Waals surface area contributed by atoms with Gasteiger partial charge in [-0.1, -0.05) is 29.8 Å². The van der Waals surface area contributed by atoms with Crippen molar-refractivity contribution in [2.24, 2.45) is 5.41 Å². The zero-order chi connectivity index (χ0) is 14.8. The number of nitrogens with one attached hydrogen (secondary N) is 1. The molecule has 1 aliphatic rings. The molecule has 0 unspecified atom stereocenters. The largest absolute Gasteiger partial charge is 0.508 e. The van der Waals surface area contributed by atoms with Gasteiger partial charge in [-0.2, -0.15) is 0 Å². The summed E-state index contributed by atoms with van der Waals surface area (Å²) < 4.78 is 0.944. The fourth-order valence-corrected chi connectivity index (χ4v) is 3.26. The van der Waals surface area contributed by atoms with E-state index in [1.807, 2.05) is 26.0 Å². The first-order chi connectivity index (χ1) is 9.45. The number of hydrogen-bond donors (Lipinski definition) is 3. The van der Waals surface area contributed by atoms with E-state index in [1.165, 1.54) is 0 Å². The first-order valence-corrected chi connectivity index (χ1v) is 7.79. The number of aliphatic hydroxyl groups is 1. The lowest BCUT2D eigenvalue weighted by atomic mass is 9.79. The minimum Gasteiger partial charge on any atom is -0.508 e. The number of rotatable bonds is 4. The van der Waals surface area contributed by atoms with E-state index in [4.69, 9.17) is 0 Å². The third-order valence-corrected chi connectivity index (χ3v) is 4.44. The quantitative estimate of drug-likeness (QED) is 0.784. The van der Waals surface area contributed by atoms with Crippen molar-refractivity contribution in [3.63, 3.8) is 0 Å². The second-order valence-electron chi connectivity index (χ2n) is 6.04. The van der Waals surface area contributed by atoms with E-state index in [-0.39, 0.29) is 18.1 Å². The average molecular weight is 343 g/mol. The fourth-order valence-electron chi connectivity index (χ4n) is 2.88. The number of halogens is 1. The predicted octanol–water partition coefficient (Wildman–Crippen LogP) is 2.12. The number of phenolic OH excluding ortho intramolecular Hbond substituents is 1. The third kappa shape index (κ3) is 3.34. The molecule has 0 spiro atoms. The molecule has 1 aromatic carbocycles. The predicted molar refractivity (Wildman–Crippen MR) is 83.9 cm³/mol. The number of phenols is 1. The van der Waals surface area contributed by atoms with Gasteiger partial charge in [0.25, 0.3) is 0 Å². The van der Waals surface area contributed by atoms with Gasteiger partial charge in [0.2, 0.25) is 0 Å². The van der Waals surface area contributed by atoms with Crippen LogP contribution in [-0.2, 0) is 0 Å². The molecule has 1 heterocycles. The van der Waals surface area contributed by atoms with E-state index in [0.717, 1.165) is 36.2 Å². The van der Waals surface area contributed by atoms with E-state index in [1.54, 1.807) is 6.07 Å². The van der Waals surface area contributed by atoms with Gasteiger partial charge in [0, 0.05) is 54.3 Å². The van der Waals surface area contributed by atoms with Crippen molar-refractivity contribution in [3.8, 4) is 5.75 Å². The van der Waals surface area contributed by atoms with Crippen molar-refractivity contribution in [1.29, 1.82) is 0 Å². The minimum absolute atomic E-state index is 0.00731. The Bertz CT molecular complexity index is 459. The summed E-state index contributed by atoms with van der Waals surface area (Å²) in [7, 11) is 0. The van der Waals surface area contributed by atoms with Crippen LogP contribution in [0.15, 0.2) is 22.7 Å².